The molecule has 1 aromatic carbocycles. The molecule has 0 fully saturated rings. The van der Waals surface area contributed by atoms with Crippen molar-refractivity contribution in [1.82, 2.24) is 0 Å². The summed E-state index contributed by atoms with van der Waals surface area (Å²) < 4.78 is 60.3. The van der Waals surface area contributed by atoms with E-state index >= 15 is 0 Å². The average molecular weight is 421 g/mol. The Labute approximate surface area is 141 Å². The third-order valence-corrected chi connectivity index (χ3v) is 4.57. The van der Waals surface area contributed by atoms with Gasteiger partial charge in [0.1, 0.15) is 23.9 Å². The molecule has 0 saturated carbocycles. The van der Waals surface area contributed by atoms with Gasteiger partial charge in [-0.1, -0.05) is 0 Å². The molecule has 0 atom stereocenters. The second-order valence-corrected chi connectivity index (χ2v) is 6.76. The molecule has 2 N–H and O–H groups in total. The molecule has 1 rings (SSSR count). The van der Waals surface area contributed by atoms with E-state index in [1.54, 1.807) is 0 Å². The molecule has 1 aromatic rings. The fourth-order valence-corrected chi connectivity index (χ4v) is 2.80. The monoisotopic (exact) mass is 420 g/mol. The Bertz CT molecular complexity index is 934. The first-order valence-electron chi connectivity index (χ1n) is 5.55. The highest BCUT2D eigenvalue weighted by Gasteiger charge is 2.47. The number of nitrogens with zero attached hydrogens (tertiary/aromatic N) is 3. The van der Waals surface area contributed by atoms with Crippen molar-refractivity contribution in [3.05, 3.63) is 27.9 Å². The number of anilines is 1. The van der Waals surface area contributed by atoms with Crippen LogP contribution in [0.4, 0.5) is 18.9 Å². The van der Waals surface area contributed by atoms with Gasteiger partial charge in [0, 0.05) is 0 Å². The van der Waals surface area contributed by atoms with Crippen molar-refractivity contribution in [1.29, 1.82) is 15.8 Å². The van der Waals surface area contributed by atoms with Crippen molar-refractivity contribution in [2.24, 2.45) is 0 Å². The van der Waals surface area contributed by atoms with Gasteiger partial charge in [-0.05, 0) is 28.1 Å². The van der Waals surface area contributed by atoms with Crippen LogP contribution in [0.1, 0.15) is 0 Å². The maximum atomic E-state index is 12.6. The minimum absolute atomic E-state index is 0.414. The number of halogens is 4. The zero-order valence-corrected chi connectivity index (χ0v) is 13.6. The molecule has 0 aliphatic rings. The second kappa shape index (κ2) is 6.79. The fraction of sp³-hybridized carbons (Fsp3) is 0.0833. The molecule has 0 saturated heterocycles. The number of nitrogens with one attached hydrogen (secondary N) is 1. The Morgan fingerprint density at radius 2 is 1.71 bits per heavy atom. The molecule has 0 aliphatic heterocycles. The van der Waals surface area contributed by atoms with Gasteiger partial charge in [-0.25, -0.2) is 8.42 Å². The molecule has 0 unspecified atom stereocenters. The van der Waals surface area contributed by atoms with Crippen LogP contribution in [-0.4, -0.2) is 19.0 Å². The molecular weight excluding hydrogens is 417 g/mol. The molecule has 0 spiro atoms. The van der Waals surface area contributed by atoms with Crippen LogP contribution in [0, 0.1) is 34.0 Å². The summed E-state index contributed by atoms with van der Waals surface area (Å²) >= 11 is 2.69. The van der Waals surface area contributed by atoms with Crippen LogP contribution in [0.5, 0.6) is 5.75 Å². The molecule has 0 aromatic heterocycles. The van der Waals surface area contributed by atoms with Gasteiger partial charge < -0.3 is 10.4 Å². The molecule has 124 valence electrons. The Balaban J connectivity index is 3.61. The largest absolute Gasteiger partial charge is 0.505 e. The number of aromatic hydroxyl groups is 1. The number of benzene rings is 1. The van der Waals surface area contributed by atoms with Gasteiger partial charge in [0.2, 0.25) is 0 Å². The van der Waals surface area contributed by atoms with Crippen LogP contribution in [0.15, 0.2) is 32.8 Å². The summed E-state index contributed by atoms with van der Waals surface area (Å²) in [6.45, 7) is 0. The van der Waals surface area contributed by atoms with Crippen LogP contribution in [0.3, 0.4) is 0 Å². The Morgan fingerprint density at radius 3 is 2.12 bits per heavy atom. The number of phenols is 1. The SMILES string of the molecule is N#CC(C#N)=C(C#N)Nc1cc(S(=O)(=O)C(F)(F)F)cc(Br)c1O. The number of rotatable bonds is 3. The van der Waals surface area contributed by atoms with Crippen LogP contribution in [-0.2, 0) is 9.84 Å². The molecule has 0 amide bonds. The molecular formula is C12H4BrF3N4O3S. The molecule has 0 aliphatic carbocycles. The number of nitriles is 3. The second-order valence-electron chi connectivity index (χ2n) is 3.96. The summed E-state index contributed by atoms with van der Waals surface area (Å²) in [6.07, 6.45) is 0. The zero-order valence-electron chi connectivity index (χ0n) is 11.2. The summed E-state index contributed by atoms with van der Waals surface area (Å²) in [4.78, 5) is -1.21. The number of sulfone groups is 1. The van der Waals surface area contributed by atoms with Crippen molar-refractivity contribution in [3.8, 4) is 24.0 Å². The van der Waals surface area contributed by atoms with Crippen molar-refractivity contribution in [2.75, 3.05) is 5.32 Å². The van der Waals surface area contributed by atoms with Gasteiger partial charge in [-0.2, -0.15) is 29.0 Å². The minimum atomic E-state index is -5.72. The Morgan fingerprint density at radius 1 is 1.17 bits per heavy atom. The van der Waals surface area contributed by atoms with E-state index < -0.39 is 47.4 Å². The lowest BCUT2D eigenvalue weighted by Crippen LogP contribution is -2.23. The van der Waals surface area contributed by atoms with Gasteiger partial charge in [0.25, 0.3) is 9.84 Å². The molecule has 0 radical (unpaired) electrons. The predicted octanol–water partition coefficient (Wildman–Crippen LogP) is 2.68. The molecule has 0 bridgehead atoms. The standard InChI is InChI=1S/C12H4BrF3N4O3S/c13-8-1-7(24(22,23)12(14,15)16)2-9(11(8)21)20-10(5-19)6(3-17)4-18/h1-2,20-21H. The minimum Gasteiger partial charge on any atom is -0.505 e. The number of alkyl halides is 3. The molecule has 7 nitrogen and oxygen atoms in total. The maximum absolute atomic E-state index is 12.6. The normalized spacial score (nSPS) is 10.9. The van der Waals surface area contributed by atoms with Gasteiger partial charge >= 0.3 is 5.51 Å². The lowest BCUT2D eigenvalue weighted by Gasteiger charge is -2.13. The summed E-state index contributed by atoms with van der Waals surface area (Å²) in [5, 5.41) is 38.1. The van der Waals surface area contributed by atoms with E-state index in [1.807, 2.05) is 0 Å². The summed E-state index contributed by atoms with van der Waals surface area (Å²) in [5.74, 6) is -0.723. The smallest absolute Gasteiger partial charge is 0.501 e. The molecule has 0 heterocycles. The van der Waals surface area contributed by atoms with Crippen molar-refractivity contribution < 1.29 is 26.7 Å². The number of hydrogen-bond acceptors (Lipinski definition) is 7. The molecule has 12 heteroatoms. The fourth-order valence-electron chi connectivity index (χ4n) is 1.38. The first-order valence-corrected chi connectivity index (χ1v) is 7.82. The Hall–Kier alpha value is -2.75. The van der Waals surface area contributed by atoms with Gasteiger partial charge in [0.15, 0.2) is 11.3 Å². The average Bonchev–Trinajstić information content (AvgIpc) is 2.49. The predicted molar refractivity (Wildman–Crippen MR) is 76.5 cm³/mol. The van der Waals surface area contributed by atoms with E-state index in [9.17, 15) is 26.7 Å². The van der Waals surface area contributed by atoms with Gasteiger partial charge in [-0.15, -0.1) is 0 Å². The van der Waals surface area contributed by atoms with Crippen molar-refractivity contribution >= 4 is 31.5 Å². The van der Waals surface area contributed by atoms with Crippen LogP contribution in [0.2, 0.25) is 0 Å². The lowest BCUT2D eigenvalue weighted by atomic mass is 10.2. The van der Waals surface area contributed by atoms with E-state index in [4.69, 9.17) is 15.8 Å². The first-order chi connectivity index (χ1) is 11.0. The maximum Gasteiger partial charge on any atom is 0.501 e. The highest BCUT2D eigenvalue weighted by molar-refractivity contribution is 9.10. The van der Waals surface area contributed by atoms with Gasteiger partial charge in [-0.3, -0.25) is 0 Å². The lowest BCUT2D eigenvalue weighted by molar-refractivity contribution is -0.0436. The molecule has 24 heavy (non-hydrogen) atoms. The first kappa shape index (κ1) is 19.3. The third-order valence-electron chi connectivity index (χ3n) is 2.50. The van der Waals surface area contributed by atoms with E-state index in [0.717, 1.165) is 0 Å². The quantitative estimate of drug-likeness (QED) is 0.565. The van der Waals surface area contributed by atoms with E-state index in [1.165, 1.54) is 18.2 Å². The highest BCUT2D eigenvalue weighted by Crippen LogP contribution is 2.39. The van der Waals surface area contributed by atoms with Crippen molar-refractivity contribution in [2.45, 2.75) is 10.4 Å². The zero-order chi connectivity index (χ0) is 18.7. The number of phenolic OH excluding ortho intramolecular Hbond substituents is 1. The summed E-state index contributed by atoms with van der Waals surface area (Å²) in [5.41, 5.74) is -7.59. The van der Waals surface area contributed by atoms with Crippen LogP contribution < -0.4 is 5.32 Å². The third kappa shape index (κ3) is 3.59. The van der Waals surface area contributed by atoms with E-state index in [-0.39, 0.29) is 0 Å². The Kier molecular flexibility index (Phi) is 5.46. The van der Waals surface area contributed by atoms with Crippen molar-refractivity contribution in [3.63, 3.8) is 0 Å². The van der Waals surface area contributed by atoms with E-state index in [0.29, 0.717) is 12.1 Å². The van der Waals surface area contributed by atoms with E-state index in [2.05, 4.69) is 21.2 Å². The van der Waals surface area contributed by atoms with Gasteiger partial charge in [0.05, 0.1) is 15.1 Å². The summed E-state index contributed by atoms with van der Waals surface area (Å²) in [6, 6.07) is 5.09. The topological polar surface area (TPSA) is 138 Å². The number of hydrogen-bond donors (Lipinski definition) is 2. The highest BCUT2D eigenvalue weighted by atomic mass is 79.9. The number of allylic oxidation sites excluding steroid dienone is 2. The van der Waals surface area contributed by atoms with Crippen LogP contribution in [0.25, 0.3) is 0 Å². The summed E-state index contributed by atoms with van der Waals surface area (Å²) in [7, 11) is -5.72. The van der Waals surface area contributed by atoms with Crippen LogP contribution >= 0.6 is 15.9 Å².